The zero-order chi connectivity index (χ0) is 55.1. The lowest BCUT2D eigenvalue weighted by molar-refractivity contribution is -0.151. The van der Waals surface area contributed by atoms with E-state index in [1.165, 1.54) is 0 Å². The van der Waals surface area contributed by atoms with E-state index >= 15 is 4.79 Å². The highest BCUT2D eigenvalue weighted by molar-refractivity contribution is 8.00. The summed E-state index contributed by atoms with van der Waals surface area (Å²) in [5, 5.41) is 9.06. The minimum absolute atomic E-state index is 0.147. The number of amides is 3. The zero-order valence-corrected chi connectivity index (χ0v) is 48.6. The Hall–Kier alpha value is -6.18. The molecule has 0 aliphatic carbocycles. The Kier molecular flexibility index (Phi) is 20.5. The van der Waals surface area contributed by atoms with Gasteiger partial charge in [-0.3, -0.25) is 19.2 Å². The van der Waals surface area contributed by atoms with E-state index in [1.807, 2.05) is 90.6 Å². The molecular formula is C65H77N3O6S2Si. The van der Waals surface area contributed by atoms with Crippen LogP contribution in [0.25, 0.3) is 0 Å². The minimum Gasteiger partial charge on any atom is -0.457 e. The molecule has 1 aliphatic heterocycles. The van der Waals surface area contributed by atoms with Crippen molar-refractivity contribution >= 4 is 55.5 Å². The smallest absolute Gasteiger partial charge is 0.309 e. The number of hydrogen-bond acceptors (Lipinski definition) is 8. The first-order chi connectivity index (χ1) is 37.0. The number of cyclic esters (lactones) is 1. The SMILES string of the molecule is CC[C@H](C)[C@H]1NC(=O)[C@@H](CSC(c2ccccc2)(c2ccccc2)c2ccccc2)NC(=O)[C@@H](C)NC(=O)C[C@@H](/C=C/CCSC(c2ccccc2)(c2ccccc2)c2ccccc2)OC(=O)C[C@@H]1O[Si](C)(C)C(C)(C)C. The molecule has 404 valence electrons. The van der Waals surface area contributed by atoms with Gasteiger partial charge in [-0.2, -0.15) is 0 Å². The quantitative estimate of drug-likeness (QED) is 0.0256. The van der Waals surface area contributed by atoms with Crippen molar-refractivity contribution in [3.63, 3.8) is 0 Å². The minimum atomic E-state index is -2.61. The van der Waals surface area contributed by atoms with Gasteiger partial charge in [0.2, 0.25) is 17.7 Å². The summed E-state index contributed by atoms with van der Waals surface area (Å²) in [4.78, 5) is 58.3. The number of nitrogens with one attached hydrogen (secondary N) is 3. The zero-order valence-electron chi connectivity index (χ0n) is 45.9. The molecule has 0 aromatic heterocycles. The van der Waals surface area contributed by atoms with Crippen LogP contribution in [0.1, 0.15) is 101 Å². The number of carbonyl (C=O) groups is 4. The lowest BCUT2D eigenvalue weighted by atomic mass is 9.84. The second-order valence-electron chi connectivity index (χ2n) is 21.6. The molecule has 1 heterocycles. The van der Waals surface area contributed by atoms with Crippen molar-refractivity contribution in [2.75, 3.05) is 11.5 Å². The van der Waals surface area contributed by atoms with Crippen molar-refractivity contribution < 1.29 is 28.3 Å². The monoisotopic (exact) mass is 1090 g/mol. The maximum Gasteiger partial charge on any atom is 0.309 e. The van der Waals surface area contributed by atoms with E-state index in [-0.39, 0.29) is 29.6 Å². The standard InChI is InChI=1S/C65H77N3O6S2Si/c1-9-47(2)60-57(74-77(7,8)63(4,5)6)45-59(70)73-55(42-28-29-43-75-64(49-30-16-10-17-31-49,50-32-18-11-19-33-50)51-34-20-12-21-35-51)44-58(69)66-48(3)61(71)67-56(62(72)68-60)46-76-65(52-36-22-13-23-37-52,53-38-24-14-25-39-53)54-40-26-15-27-41-54/h10-28,30-42,47-48,55-57,60H,9,29,43-46H2,1-8H3,(H,66,69)(H,67,71)(H,68,72)/b42-28+/t47-,48+,55+,56+,57-,60+/m0/s1. The molecule has 3 N–H and O–H groups in total. The summed E-state index contributed by atoms with van der Waals surface area (Å²) in [5.41, 5.74) is 6.49. The number of rotatable bonds is 18. The largest absolute Gasteiger partial charge is 0.457 e. The molecular weight excluding hydrogens is 1010 g/mol. The van der Waals surface area contributed by atoms with Crippen molar-refractivity contribution in [2.24, 2.45) is 5.92 Å². The Morgan fingerprint density at radius 3 is 1.43 bits per heavy atom. The molecule has 0 unspecified atom stereocenters. The fourth-order valence-electron chi connectivity index (χ4n) is 9.75. The van der Waals surface area contributed by atoms with Gasteiger partial charge in [0.1, 0.15) is 18.2 Å². The Morgan fingerprint density at radius 1 is 0.610 bits per heavy atom. The molecule has 77 heavy (non-hydrogen) atoms. The molecule has 0 spiro atoms. The molecule has 12 heteroatoms. The molecule has 1 aliphatic rings. The Labute approximate surface area is 467 Å². The summed E-state index contributed by atoms with van der Waals surface area (Å²) in [7, 11) is -2.61. The number of carbonyl (C=O) groups excluding carboxylic acids is 4. The summed E-state index contributed by atoms with van der Waals surface area (Å²) in [6.45, 7) is 16.4. The van der Waals surface area contributed by atoms with Gasteiger partial charge in [0.05, 0.1) is 34.5 Å². The van der Waals surface area contributed by atoms with Crippen LogP contribution >= 0.6 is 23.5 Å². The van der Waals surface area contributed by atoms with Crippen molar-refractivity contribution in [3.8, 4) is 0 Å². The van der Waals surface area contributed by atoms with E-state index in [9.17, 15) is 14.4 Å². The molecule has 3 amide bonds. The Morgan fingerprint density at radius 2 is 1.03 bits per heavy atom. The van der Waals surface area contributed by atoms with Gasteiger partial charge in [0.25, 0.3) is 0 Å². The van der Waals surface area contributed by atoms with E-state index in [0.29, 0.717) is 18.6 Å². The number of thioether (sulfide) groups is 2. The van der Waals surface area contributed by atoms with Gasteiger partial charge in [-0.05, 0) is 82.6 Å². The van der Waals surface area contributed by atoms with Gasteiger partial charge in [0.15, 0.2) is 8.32 Å². The maximum absolute atomic E-state index is 15.2. The van der Waals surface area contributed by atoms with E-state index in [0.717, 1.165) is 33.4 Å². The number of ether oxygens (including phenoxy) is 1. The Balaban J connectivity index is 1.21. The summed E-state index contributed by atoms with van der Waals surface area (Å²) < 4.78 is 12.2. The number of allylic oxidation sites excluding steroid dienone is 1. The average molecular weight is 1090 g/mol. The van der Waals surface area contributed by atoms with E-state index in [1.54, 1.807) is 24.8 Å². The molecule has 9 nitrogen and oxygen atoms in total. The Bertz CT molecular complexity index is 2660. The number of esters is 1. The third-order valence-corrected chi connectivity index (χ3v) is 22.9. The predicted molar refractivity (Wildman–Crippen MR) is 319 cm³/mol. The summed E-state index contributed by atoms with van der Waals surface area (Å²) >= 11 is 3.38. The lowest BCUT2D eigenvalue weighted by Crippen LogP contribution is -2.59. The van der Waals surface area contributed by atoms with Crippen LogP contribution in [0.2, 0.25) is 18.1 Å². The molecule has 7 rings (SSSR count). The van der Waals surface area contributed by atoms with Crippen LogP contribution in [0.15, 0.2) is 194 Å². The third-order valence-electron chi connectivity index (χ3n) is 15.2. The van der Waals surface area contributed by atoms with Gasteiger partial charge in [0, 0.05) is 5.75 Å². The van der Waals surface area contributed by atoms with Crippen LogP contribution in [-0.2, 0) is 37.8 Å². The van der Waals surface area contributed by atoms with Crippen LogP contribution in [0.5, 0.6) is 0 Å². The van der Waals surface area contributed by atoms with Crippen molar-refractivity contribution in [1.82, 2.24) is 16.0 Å². The first-order valence-corrected chi connectivity index (χ1v) is 31.9. The van der Waals surface area contributed by atoms with E-state index in [2.05, 4.69) is 173 Å². The van der Waals surface area contributed by atoms with Crippen LogP contribution < -0.4 is 16.0 Å². The summed E-state index contributed by atoms with van der Waals surface area (Å²) in [6.07, 6.45) is 2.91. The third kappa shape index (κ3) is 14.5. The van der Waals surface area contributed by atoms with Gasteiger partial charge >= 0.3 is 5.97 Å². The first-order valence-electron chi connectivity index (χ1n) is 27.0. The van der Waals surface area contributed by atoms with Crippen LogP contribution in [0.4, 0.5) is 0 Å². The second kappa shape index (κ2) is 26.9. The molecule has 0 bridgehead atoms. The molecule has 1 fully saturated rings. The summed E-state index contributed by atoms with van der Waals surface area (Å²) in [6, 6.07) is 59.4. The summed E-state index contributed by atoms with van der Waals surface area (Å²) in [5.74, 6) is -1.27. The van der Waals surface area contributed by atoms with Crippen LogP contribution in [0.3, 0.4) is 0 Å². The van der Waals surface area contributed by atoms with Gasteiger partial charge in [-0.25, -0.2) is 0 Å². The molecule has 6 aromatic rings. The van der Waals surface area contributed by atoms with Gasteiger partial charge in [-0.1, -0.05) is 229 Å². The van der Waals surface area contributed by atoms with Crippen LogP contribution in [0, 0.1) is 5.92 Å². The molecule has 0 radical (unpaired) electrons. The van der Waals surface area contributed by atoms with Gasteiger partial charge in [-0.15, -0.1) is 23.5 Å². The molecule has 0 saturated carbocycles. The number of benzene rings is 6. The maximum atomic E-state index is 15.2. The normalized spacial score (nSPS) is 20.0. The fourth-order valence-corrected chi connectivity index (χ4v) is 14.1. The average Bonchev–Trinajstić information content (AvgIpc) is 3.52. The second-order valence-corrected chi connectivity index (χ2v) is 28.9. The molecule has 6 atom stereocenters. The van der Waals surface area contributed by atoms with Crippen molar-refractivity contribution in [1.29, 1.82) is 0 Å². The van der Waals surface area contributed by atoms with Crippen molar-refractivity contribution in [3.05, 3.63) is 228 Å². The topological polar surface area (TPSA) is 123 Å². The predicted octanol–water partition coefficient (Wildman–Crippen LogP) is 13.0. The van der Waals surface area contributed by atoms with E-state index < -0.39 is 71.8 Å². The van der Waals surface area contributed by atoms with E-state index in [4.69, 9.17) is 9.16 Å². The highest BCUT2D eigenvalue weighted by Crippen LogP contribution is 2.50. The van der Waals surface area contributed by atoms with Gasteiger partial charge < -0.3 is 25.1 Å². The highest BCUT2D eigenvalue weighted by atomic mass is 32.2. The fraction of sp³-hybridized carbons (Fsp3) is 0.354. The molecule has 1 saturated heterocycles. The number of hydrogen-bond donors (Lipinski definition) is 3. The van der Waals surface area contributed by atoms with Crippen LogP contribution in [-0.4, -0.2) is 73.8 Å². The highest BCUT2D eigenvalue weighted by Gasteiger charge is 2.45. The first kappa shape index (κ1) is 58.5. The van der Waals surface area contributed by atoms with Crippen molar-refractivity contribution in [2.45, 2.75) is 125 Å². The molecule has 6 aromatic carbocycles. The lowest BCUT2D eigenvalue weighted by Gasteiger charge is -2.43.